The van der Waals surface area contributed by atoms with Gasteiger partial charge in [0.25, 0.3) is 0 Å². The molecule has 0 aromatic heterocycles. The molecular weight excluding hydrogens is 274 g/mol. The lowest BCUT2D eigenvalue weighted by molar-refractivity contribution is 0.266. The van der Waals surface area contributed by atoms with Crippen LogP contribution in [0.25, 0.3) is 0 Å². The summed E-state index contributed by atoms with van der Waals surface area (Å²) in [5.74, 6) is 1.69. The van der Waals surface area contributed by atoms with Crippen molar-refractivity contribution >= 4 is 0 Å². The van der Waals surface area contributed by atoms with Crippen molar-refractivity contribution in [1.29, 1.82) is 0 Å². The van der Waals surface area contributed by atoms with E-state index >= 15 is 0 Å². The summed E-state index contributed by atoms with van der Waals surface area (Å²) in [6, 6.07) is 0. The Bertz CT molecular complexity index is 272. The molecule has 0 spiro atoms. The van der Waals surface area contributed by atoms with Crippen molar-refractivity contribution in [1.82, 2.24) is 5.32 Å². The Morgan fingerprint density at radius 1 is 0.909 bits per heavy atom. The van der Waals surface area contributed by atoms with Crippen molar-refractivity contribution < 1.29 is 10.2 Å². The standard InChI is InChI=1S/C10H20O.C9H19NO/c1-10(2)6-5-9(8-10)4-3-7-11;1-9(2)6-8(7-10-9)4-3-5-11/h9,11H,3-8H2,1-2H3;8,10-11H,3-7H2,1-2H3. The highest BCUT2D eigenvalue weighted by molar-refractivity contribution is 4.88. The summed E-state index contributed by atoms with van der Waals surface area (Å²) in [5.41, 5.74) is 0.917. The van der Waals surface area contributed by atoms with Crippen LogP contribution in [0.3, 0.4) is 0 Å². The van der Waals surface area contributed by atoms with E-state index in [1.165, 1.54) is 38.5 Å². The Hall–Kier alpha value is -0.120. The van der Waals surface area contributed by atoms with Gasteiger partial charge in [0.2, 0.25) is 0 Å². The van der Waals surface area contributed by atoms with Gasteiger partial charge in [-0.05, 0) is 89.0 Å². The second-order valence-electron chi connectivity index (χ2n) is 8.84. The summed E-state index contributed by atoms with van der Waals surface area (Å²) >= 11 is 0. The number of aliphatic hydroxyl groups excluding tert-OH is 2. The molecule has 0 amide bonds. The van der Waals surface area contributed by atoms with E-state index in [-0.39, 0.29) is 0 Å². The average Bonchev–Trinajstić information content (AvgIpc) is 2.96. The third-order valence-electron chi connectivity index (χ3n) is 5.28. The lowest BCUT2D eigenvalue weighted by Crippen LogP contribution is -2.31. The highest BCUT2D eigenvalue weighted by Crippen LogP contribution is 2.42. The largest absolute Gasteiger partial charge is 0.396 e. The first-order valence-corrected chi connectivity index (χ1v) is 9.25. The Labute approximate surface area is 137 Å². The maximum atomic E-state index is 8.66. The molecule has 0 aromatic rings. The summed E-state index contributed by atoms with van der Waals surface area (Å²) in [5, 5.41) is 20.8. The molecule has 3 heteroatoms. The van der Waals surface area contributed by atoms with Gasteiger partial charge in [-0.1, -0.05) is 13.8 Å². The van der Waals surface area contributed by atoms with E-state index in [0.717, 1.165) is 31.2 Å². The molecule has 1 heterocycles. The van der Waals surface area contributed by atoms with Crippen LogP contribution in [0.2, 0.25) is 0 Å². The molecule has 2 atom stereocenters. The molecule has 0 bridgehead atoms. The lowest BCUT2D eigenvalue weighted by Gasteiger charge is -2.17. The highest BCUT2D eigenvalue weighted by Gasteiger charge is 2.30. The quantitative estimate of drug-likeness (QED) is 0.700. The van der Waals surface area contributed by atoms with Crippen molar-refractivity contribution in [3.05, 3.63) is 0 Å². The normalized spacial score (nSPS) is 29.2. The predicted molar refractivity (Wildman–Crippen MR) is 94.0 cm³/mol. The average molecular weight is 314 g/mol. The number of nitrogens with one attached hydrogen (secondary N) is 1. The first-order chi connectivity index (χ1) is 10.3. The monoisotopic (exact) mass is 313 g/mol. The van der Waals surface area contributed by atoms with Crippen LogP contribution in [0.4, 0.5) is 0 Å². The summed E-state index contributed by atoms with van der Waals surface area (Å²) in [7, 11) is 0. The molecule has 2 rings (SSSR count). The van der Waals surface area contributed by atoms with Crippen LogP contribution in [0.1, 0.15) is 79.1 Å². The molecule has 3 nitrogen and oxygen atoms in total. The molecule has 2 unspecified atom stereocenters. The second kappa shape index (κ2) is 9.24. The van der Waals surface area contributed by atoms with Crippen LogP contribution in [-0.4, -0.2) is 35.5 Å². The van der Waals surface area contributed by atoms with E-state index in [1.54, 1.807) is 0 Å². The van der Waals surface area contributed by atoms with Gasteiger partial charge in [-0.15, -0.1) is 0 Å². The van der Waals surface area contributed by atoms with Crippen LogP contribution < -0.4 is 5.32 Å². The minimum absolute atomic E-state index is 0.333. The van der Waals surface area contributed by atoms with Crippen LogP contribution in [0, 0.1) is 17.3 Å². The van der Waals surface area contributed by atoms with Crippen LogP contribution in [-0.2, 0) is 0 Å². The van der Waals surface area contributed by atoms with Crippen molar-refractivity contribution in [2.45, 2.75) is 84.6 Å². The van der Waals surface area contributed by atoms with Crippen molar-refractivity contribution in [2.24, 2.45) is 17.3 Å². The molecule has 2 aliphatic rings. The highest BCUT2D eigenvalue weighted by atomic mass is 16.3. The Morgan fingerprint density at radius 2 is 1.50 bits per heavy atom. The summed E-state index contributed by atoms with van der Waals surface area (Å²) < 4.78 is 0. The molecule has 132 valence electrons. The van der Waals surface area contributed by atoms with Crippen LogP contribution in [0.15, 0.2) is 0 Å². The first-order valence-electron chi connectivity index (χ1n) is 9.25. The van der Waals surface area contributed by atoms with E-state index in [9.17, 15) is 0 Å². The zero-order chi connectivity index (χ0) is 16.6. The fourth-order valence-electron chi connectivity index (χ4n) is 4.08. The number of hydrogen-bond donors (Lipinski definition) is 3. The third kappa shape index (κ3) is 7.94. The molecule has 2 fully saturated rings. The van der Waals surface area contributed by atoms with E-state index in [2.05, 4.69) is 33.0 Å². The molecule has 22 heavy (non-hydrogen) atoms. The van der Waals surface area contributed by atoms with Gasteiger partial charge in [-0.3, -0.25) is 0 Å². The van der Waals surface area contributed by atoms with Crippen molar-refractivity contribution in [3.8, 4) is 0 Å². The third-order valence-corrected chi connectivity index (χ3v) is 5.28. The zero-order valence-electron chi connectivity index (χ0n) is 15.3. The van der Waals surface area contributed by atoms with Gasteiger partial charge in [0.15, 0.2) is 0 Å². The minimum Gasteiger partial charge on any atom is -0.396 e. The van der Waals surface area contributed by atoms with Crippen molar-refractivity contribution in [3.63, 3.8) is 0 Å². The van der Waals surface area contributed by atoms with Gasteiger partial charge in [0, 0.05) is 18.8 Å². The maximum absolute atomic E-state index is 8.66. The van der Waals surface area contributed by atoms with E-state index in [1.807, 2.05) is 0 Å². The molecule has 1 aliphatic carbocycles. The number of rotatable bonds is 6. The van der Waals surface area contributed by atoms with Gasteiger partial charge in [0.1, 0.15) is 0 Å². The fraction of sp³-hybridized carbons (Fsp3) is 1.00. The Morgan fingerprint density at radius 3 is 1.91 bits per heavy atom. The molecule has 1 saturated heterocycles. The lowest BCUT2D eigenvalue weighted by atomic mass is 9.89. The predicted octanol–water partition coefficient (Wildman–Crippen LogP) is 3.73. The zero-order valence-corrected chi connectivity index (χ0v) is 15.3. The fourth-order valence-corrected chi connectivity index (χ4v) is 4.08. The smallest absolute Gasteiger partial charge is 0.0431 e. The molecule has 1 aliphatic heterocycles. The molecule has 3 N–H and O–H groups in total. The second-order valence-corrected chi connectivity index (χ2v) is 8.84. The van der Waals surface area contributed by atoms with Crippen LogP contribution in [0.5, 0.6) is 0 Å². The minimum atomic E-state index is 0.333. The SMILES string of the molecule is CC1(C)CC(CCCO)CN1.CC1(C)CCC(CCCO)C1. The van der Waals surface area contributed by atoms with Crippen molar-refractivity contribution in [2.75, 3.05) is 19.8 Å². The number of hydrogen-bond acceptors (Lipinski definition) is 3. The van der Waals surface area contributed by atoms with E-state index in [4.69, 9.17) is 10.2 Å². The molecule has 0 radical (unpaired) electrons. The topological polar surface area (TPSA) is 52.5 Å². The first kappa shape index (κ1) is 19.9. The Balaban J connectivity index is 0.000000220. The summed E-state index contributed by atoms with van der Waals surface area (Å²) in [6.45, 7) is 11.0. The molecule has 0 aromatic carbocycles. The molecular formula is C19H39NO2. The summed E-state index contributed by atoms with van der Waals surface area (Å²) in [6.07, 6.45) is 9.76. The van der Waals surface area contributed by atoms with Gasteiger partial charge in [0.05, 0.1) is 0 Å². The Kier molecular flexibility index (Phi) is 8.37. The van der Waals surface area contributed by atoms with E-state index in [0.29, 0.717) is 24.2 Å². The summed E-state index contributed by atoms with van der Waals surface area (Å²) in [4.78, 5) is 0. The van der Waals surface area contributed by atoms with E-state index < -0.39 is 0 Å². The van der Waals surface area contributed by atoms with Crippen LogP contribution >= 0.6 is 0 Å². The van der Waals surface area contributed by atoms with Gasteiger partial charge in [-0.2, -0.15) is 0 Å². The maximum Gasteiger partial charge on any atom is 0.0431 e. The number of aliphatic hydroxyl groups is 2. The van der Waals surface area contributed by atoms with Gasteiger partial charge >= 0.3 is 0 Å². The van der Waals surface area contributed by atoms with Gasteiger partial charge in [-0.25, -0.2) is 0 Å². The van der Waals surface area contributed by atoms with Gasteiger partial charge < -0.3 is 15.5 Å². The molecule has 1 saturated carbocycles.